The van der Waals surface area contributed by atoms with E-state index in [1.807, 2.05) is 17.7 Å². The van der Waals surface area contributed by atoms with Crippen molar-refractivity contribution in [3.05, 3.63) is 22.2 Å². The molecule has 0 aliphatic rings. The first kappa shape index (κ1) is 10.8. The fourth-order valence-corrected chi connectivity index (χ4v) is 2.01. The summed E-state index contributed by atoms with van der Waals surface area (Å²) in [5.41, 5.74) is 1.90. The van der Waals surface area contributed by atoms with Crippen molar-refractivity contribution in [1.82, 2.24) is 10.2 Å². The molecule has 0 aliphatic carbocycles. The van der Waals surface area contributed by atoms with Gasteiger partial charge in [0.1, 0.15) is 0 Å². The van der Waals surface area contributed by atoms with E-state index in [-0.39, 0.29) is 12.5 Å². The molecule has 0 aromatic carbocycles. The zero-order valence-corrected chi connectivity index (χ0v) is 9.71. The van der Waals surface area contributed by atoms with E-state index >= 15 is 0 Å². The van der Waals surface area contributed by atoms with Gasteiger partial charge in [-0.15, -0.1) is 10.2 Å². The van der Waals surface area contributed by atoms with Crippen molar-refractivity contribution in [3.63, 3.8) is 0 Å². The summed E-state index contributed by atoms with van der Waals surface area (Å²) in [5, 5.41) is 11.3. The molecule has 0 saturated heterocycles. The van der Waals surface area contributed by atoms with Gasteiger partial charge in [0.05, 0.1) is 12.2 Å². The van der Waals surface area contributed by atoms with Gasteiger partial charge >= 0.3 is 11.9 Å². The topological polar surface area (TPSA) is 65.2 Å². The number of carbonyl (C=O) groups excluding carboxylic acids is 1. The molecule has 2 rings (SSSR count). The summed E-state index contributed by atoms with van der Waals surface area (Å²) < 4.78 is 9.99. The van der Waals surface area contributed by atoms with Crippen LogP contribution in [0.4, 0.5) is 0 Å². The highest BCUT2D eigenvalue weighted by atomic mass is 32.1. The van der Waals surface area contributed by atoms with Gasteiger partial charge in [-0.05, 0) is 24.8 Å². The third-order valence-electron chi connectivity index (χ3n) is 1.96. The van der Waals surface area contributed by atoms with Gasteiger partial charge in [0.2, 0.25) is 5.89 Å². The highest BCUT2D eigenvalue weighted by molar-refractivity contribution is 7.08. The van der Waals surface area contributed by atoms with Crippen molar-refractivity contribution in [2.75, 3.05) is 6.61 Å². The molecule has 6 heteroatoms. The third kappa shape index (κ3) is 1.96. The van der Waals surface area contributed by atoms with Crippen LogP contribution in [0.25, 0.3) is 11.5 Å². The van der Waals surface area contributed by atoms with Crippen molar-refractivity contribution in [2.45, 2.75) is 13.8 Å². The largest absolute Gasteiger partial charge is 0.459 e. The van der Waals surface area contributed by atoms with Crippen LogP contribution >= 0.6 is 11.3 Å². The number of aromatic nitrogens is 2. The molecule has 84 valence electrons. The maximum absolute atomic E-state index is 11.3. The average Bonchev–Trinajstić information content (AvgIpc) is 2.86. The number of hydrogen-bond donors (Lipinski definition) is 0. The molecule has 0 spiro atoms. The molecule has 5 nitrogen and oxygen atoms in total. The Kier molecular flexibility index (Phi) is 3.00. The fraction of sp³-hybridized carbons (Fsp3) is 0.300. The Morgan fingerprint density at radius 3 is 2.94 bits per heavy atom. The smallest absolute Gasteiger partial charge is 0.396 e. The Labute approximate surface area is 96.1 Å². The summed E-state index contributed by atoms with van der Waals surface area (Å²) in [5.74, 6) is -0.349. The number of nitrogens with zero attached hydrogens (tertiary/aromatic N) is 2. The van der Waals surface area contributed by atoms with Gasteiger partial charge in [-0.3, -0.25) is 0 Å². The first-order chi connectivity index (χ1) is 7.72. The predicted molar refractivity (Wildman–Crippen MR) is 58.3 cm³/mol. The first-order valence-corrected chi connectivity index (χ1v) is 5.70. The number of esters is 1. The third-order valence-corrected chi connectivity index (χ3v) is 2.82. The lowest BCUT2D eigenvalue weighted by molar-refractivity contribution is 0.0481. The zero-order chi connectivity index (χ0) is 11.5. The van der Waals surface area contributed by atoms with Crippen molar-refractivity contribution in [2.24, 2.45) is 0 Å². The molecule has 0 unspecified atom stereocenters. The van der Waals surface area contributed by atoms with Crippen LogP contribution in [0.5, 0.6) is 0 Å². The Bertz CT molecular complexity index is 504. The van der Waals surface area contributed by atoms with Crippen molar-refractivity contribution < 1.29 is 13.9 Å². The summed E-state index contributed by atoms with van der Waals surface area (Å²) in [7, 11) is 0. The summed E-state index contributed by atoms with van der Waals surface area (Å²) in [6.45, 7) is 3.95. The quantitative estimate of drug-likeness (QED) is 0.767. The van der Waals surface area contributed by atoms with E-state index in [1.54, 1.807) is 18.3 Å². The minimum Gasteiger partial charge on any atom is -0.459 e. The van der Waals surface area contributed by atoms with E-state index in [0.717, 1.165) is 11.1 Å². The minimum absolute atomic E-state index is 0.109. The number of ether oxygens (including phenoxy) is 1. The molecular weight excluding hydrogens is 228 g/mol. The number of thiophene rings is 1. The lowest BCUT2D eigenvalue weighted by atomic mass is 10.2. The molecule has 2 aromatic heterocycles. The first-order valence-electron chi connectivity index (χ1n) is 4.76. The van der Waals surface area contributed by atoms with Crippen LogP contribution < -0.4 is 0 Å². The Hall–Kier alpha value is -1.69. The van der Waals surface area contributed by atoms with Gasteiger partial charge in [-0.1, -0.05) is 0 Å². The molecule has 0 N–H and O–H groups in total. The molecule has 0 aliphatic heterocycles. The summed E-state index contributed by atoms with van der Waals surface area (Å²) in [6.07, 6.45) is 0. The Morgan fingerprint density at radius 2 is 2.31 bits per heavy atom. The van der Waals surface area contributed by atoms with Crippen LogP contribution in [0, 0.1) is 6.92 Å². The predicted octanol–water partition coefficient (Wildman–Crippen LogP) is 2.28. The maximum Gasteiger partial charge on any atom is 0.396 e. The number of hydrogen-bond acceptors (Lipinski definition) is 6. The number of carbonyl (C=O) groups is 1. The maximum atomic E-state index is 11.3. The van der Waals surface area contributed by atoms with Crippen LogP contribution in [0.2, 0.25) is 0 Å². The second kappa shape index (κ2) is 4.44. The van der Waals surface area contributed by atoms with Gasteiger partial charge < -0.3 is 9.15 Å². The monoisotopic (exact) mass is 238 g/mol. The van der Waals surface area contributed by atoms with Gasteiger partial charge in [-0.25, -0.2) is 4.79 Å². The molecule has 16 heavy (non-hydrogen) atoms. The van der Waals surface area contributed by atoms with Gasteiger partial charge in [-0.2, -0.15) is 11.3 Å². The zero-order valence-electron chi connectivity index (χ0n) is 8.89. The van der Waals surface area contributed by atoms with Crippen molar-refractivity contribution in [3.8, 4) is 11.5 Å². The van der Waals surface area contributed by atoms with E-state index in [9.17, 15) is 4.79 Å². The summed E-state index contributed by atoms with van der Waals surface area (Å²) >= 11 is 1.55. The standard InChI is InChI=1S/C10H10N2O3S/c1-3-14-10(13)9-12-11-8(15-9)7-5-16-4-6(7)2/h4-5H,3H2,1-2H3. The van der Waals surface area contributed by atoms with Crippen LogP contribution in [-0.4, -0.2) is 22.8 Å². The lowest BCUT2D eigenvalue weighted by Gasteiger charge is -1.94. The summed E-state index contributed by atoms with van der Waals surface area (Å²) in [4.78, 5) is 11.3. The van der Waals surface area contributed by atoms with Crippen molar-refractivity contribution >= 4 is 17.3 Å². The SMILES string of the molecule is CCOC(=O)c1nnc(-c2cscc2C)o1. The highest BCUT2D eigenvalue weighted by Gasteiger charge is 2.17. The molecule has 0 radical (unpaired) electrons. The average molecular weight is 238 g/mol. The van der Waals surface area contributed by atoms with E-state index in [0.29, 0.717) is 5.89 Å². The Balaban J connectivity index is 2.26. The van der Waals surface area contributed by atoms with E-state index in [4.69, 9.17) is 9.15 Å². The Morgan fingerprint density at radius 1 is 1.50 bits per heavy atom. The minimum atomic E-state index is -0.589. The summed E-state index contributed by atoms with van der Waals surface area (Å²) in [6, 6.07) is 0. The van der Waals surface area contributed by atoms with Crippen LogP contribution in [0.1, 0.15) is 23.2 Å². The molecule has 2 heterocycles. The molecule has 0 atom stereocenters. The van der Waals surface area contributed by atoms with E-state index < -0.39 is 5.97 Å². The van der Waals surface area contributed by atoms with Gasteiger partial charge in [0, 0.05) is 5.38 Å². The molecule has 0 bridgehead atoms. The second-order valence-electron chi connectivity index (χ2n) is 3.10. The van der Waals surface area contributed by atoms with E-state index in [2.05, 4.69) is 10.2 Å². The normalized spacial score (nSPS) is 10.4. The van der Waals surface area contributed by atoms with Crippen LogP contribution in [0.3, 0.4) is 0 Å². The number of aryl methyl sites for hydroxylation is 1. The molecule has 0 fully saturated rings. The van der Waals surface area contributed by atoms with Crippen LogP contribution in [0.15, 0.2) is 15.2 Å². The molecule has 0 amide bonds. The highest BCUT2D eigenvalue weighted by Crippen LogP contribution is 2.25. The lowest BCUT2D eigenvalue weighted by Crippen LogP contribution is -2.04. The van der Waals surface area contributed by atoms with Crippen LogP contribution in [-0.2, 0) is 4.74 Å². The molecular formula is C10H10N2O3S. The molecule has 0 saturated carbocycles. The van der Waals surface area contributed by atoms with Gasteiger partial charge in [0.15, 0.2) is 0 Å². The fourth-order valence-electron chi connectivity index (χ4n) is 1.19. The van der Waals surface area contributed by atoms with E-state index in [1.165, 1.54) is 0 Å². The second-order valence-corrected chi connectivity index (χ2v) is 3.84. The molecule has 2 aromatic rings. The number of rotatable bonds is 3. The van der Waals surface area contributed by atoms with Crippen molar-refractivity contribution in [1.29, 1.82) is 0 Å². The van der Waals surface area contributed by atoms with Gasteiger partial charge in [0.25, 0.3) is 0 Å².